The standard InChI is InChI=1S/C13H17NO3/c1-4-17-12-6-5-11(7-10(12)2)8-14(3)13(16)9-15/h5-7,9H,4,8H2,1-3H3. The number of ether oxygens (including phenoxy) is 1. The van der Waals surface area contributed by atoms with Gasteiger partial charge in [0.1, 0.15) is 5.75 Å². The SMILES string of the molecule is CCOc1ccc(CN(C)C(=O)C=O)cc1C. The Morgan fingerprint density at radius 1 is 1.47 bits per heavy atom. The lowest BCUT2D eigenvalue weighted by Gasteiger charge is -2.15. The Kier molecular flexibility index (Phi) is 4.69. The van der Waals surface area contributed by atoms with Crippen molar-refractivity contribution in [2.45, 2.75) is 20.4 Å². The number of hydrogen-bond donors (Lipinski definition) is 0. The van der Waals surface area contributed by atoms with Gasteiger partial charge in [0, 0.05) is 13.6 Å². The molecular formula is C13H17NO3. The van der Waals surface area contributed by atoms with Crippen LogP contribution < -0.4 is 4.74 Å². The van der Waals surface area contributed by atoms with Crippen molar-refractivity contribution in [2.75, 3.05) is 13.7 Å². The minimum absolute atomic E-state index is 0.321. The van der Waals surface area contributed by atoms with Crippen LogP contribution in [-0.2, 0) is 16.1 Å². The lowest BCUT2D eigenvalue weighted by molar-refractivity contribution is -0.138. The fourth-order valence-corrected chi connectivity index (χ4v) is 1.57. The zero-order valence-corrected chi connectivity index (χ0v) is 10.4. The zero-order valence-electron chi connectivity index (χ0n) is 10.4. The molecule has 0 radical (unpaired) electrons. The van der Waals surface area contributed by atoms with Crippen LogP contribution in [0.1, 0.15) is 18.1 Å². The van der Waals surface area contributed by atoms with Crippen LogP contribution in [0.3, 0.4) is 0 Å². The van der Waals surface area contributed by atoms with Gasteiger partial charge in [0.05, 0.1) is 6.61 Å². The molecule has 0 atom stereocenters. The fraction of sp³-hybridized carbons (Fsp3) is 0.385. The van der Waals surface area contributed by atoms with Crippen molar-refractivity contribution >= 4 is 12.2 Å². The predicted octanol–water partition coefficient (Wildman–Crippen LogP) is 1.55. The molecule has 1 amide bonds. The van der Waals surface area contributed by atoms with E-state index < -0.39 is 5.91 Å². The molecule has 1 rings (SSSR count). The van der Waals surface area contributed by atoms with E-state index in [1.165, 1.54) is 4.90 Å². The first-order chi connectivity index (χ1) is 8.08. The van der Waals surface area contributed by atoms with Gasteiger partial charge in [-0.3, -0.25) is 9.59 Å². The number of carbonyl (C=O) groups is 2. The lowest BCUT2D eigenvalue weighted by atomic mass is 10.1. The molecule has 0 aromatic heterocycles. The number of amides is 1. The summed E-state index contributed by atoms with van der Waals surface area (Å²) in [6, 6.07) is 5.74. The highest BCUT2D eigenvalue weighted by atomic mass is 16.5. The molecule has 0 heterocycles. The molecule has 0 aliphatic heterocycles. The van der Waals surface area contributed by atoms with Gasteiger partial charge in [-0.05, 0) is 31.0 Å². The Labute approximate surface area is 101 Å². The first kappa shape index (κ1) is 13.2. The number of benzene rings is 1. The maximum Gasteiger partial charge on any atom is 0.286 e. The van der Waals surface area contributed by atoms with E-state index >= 15 is 0 Å². The molecule has 0 unspecified atom stereocenters. The molecule has 0 aliphatic rings. The quantitative estimate of drug-likeness (QED) is 0.574. The van der Waals surface area contributed by atoms with Crippen LogP contribution in [0, 0.1) is 6.92 Å². The van der Waals surface area contributed by atoms with Crippen LogP contribution in [0.4, 0.5) is 0 Å². The highest BCUT2D eigenvalue weighted by Crippen LogP contribution is 2.19. The third kappa shape index (κ3) is 3.59. The molecule has 17 heavy (non-hydrogen) atoms. The molecule has 4 nitrogen and oxygen atoms in total. The summed E-state index contributed by atoms with van der Waals surface area (Å²) in [5.41, 5.74) is 2.00. The zero-order chi connectivity index (χ0) is 12.8. The summed E-state index contributed by atoms with van der Waals surface area (Å²) in [4.78, 5) is 22.8. The predicted molar refractivity (Wildman–Crippen MR) is 64.9 cm³/mol. The number of aryl methyl sites for hydroxylation is 1. The van der Waals surface area contributed by atoms with Crippen molar-refractivity contribution in [3.05, 3.63) is 29.3 Å². The molecule has 0 saturated heterocycles. The summed E-state index contributed by atoms with van der Waals surface area (Å²) in [5.74, 6) is 0.331. The monoisotopic (exact) mass is 235 g/mol. The Morgan fingerprint density at radius 2 is 2.18 bits per heavy atom. The molecule has 1 aromatic carbocycles. The van der Waals surface area contributed by atoms with Gasteiger partial charge in [0.15, 0.2) is 0 Å². The molecular weight excluding hydrogens is 218 g/mol. The van der Waals surface area contributed by atoms with Crippen molar-refractivity contribution in [1.82, 2.24) is 4.90 Å². The number of nitrogens with zero attached hydrogens (tertiary/aromatic N) is 1. The average molecular weight is 235 g/mol. The van der Waals surface area contributed by atoms with Gasteiger partial charge in [-0.2, -0.15) is 0 Å². The maximum atomic E-state index is 11.1. The van der Waals surface area contributed by atoms with E-state index in [0.29, 0.717) is 19.4 Å². The Morgan fingerprint density at radius 3 is 2.71 bits per heavy atom. The molecule has 0 bridgehead atoms. The summed E-state index contributed by atoms with van der Waals surface area (Å²) in [6.07, 6.45) is 0.321. The topological polar surface area (TPSA) is 46.6 Å². The fourth-order valence-electron chi connectivity index (χ4n) is 1.57. The van der Waals surface area contributed by atoms with E-state index in [9.17, 15) is 9.59 Å². The summed E-state index contributed by atoms with van der Waals surface area (Å²) < 4.78 is 5.43. The summed E-state index contributed by atoms with van der Waals surface area (Å²) >= 11 is 0. The second-order valence-electron chi connectivity index (χ2n) is 3.85. The van der Waals surface area contributed by atoms with Gasteiger partial charge in [-0.1, -0.05) is 12.1 Å². The van der Waals surface area contributed by atoms with Gasteiger partial charge in [0.2, 0.25) is 6.29 Å². The van der Waals surface area contributed by atoms with E-state index in [4.69, 9.17) is 4.74 Å². The van der Waals surface area contributed by atoms with Gasteiger partial charge >= 0.3 is 0 Å². The molecule has 0 fully saturated rings. The summed E-state index contributed by atoms with van der Waals surface area (Å²) in [6.45, 7) is 4.94. The second kappa shape index (κ2) is 6.03. The Balaban J connectivity index is 2.76. The van der Waals surface area contributed by atoms with Gasteiger partial charge in [-0.25, -0.2) is 0 Å². The van der Waals surface area contributed by atoms with Gasteiger partial charge in [0.25, 0.3) is 5.91 Å². The number of aldehydes is 1. The van der Waals surface area contributed by atoms with E-state index in [-0.39, 0.29) is 0 Å². The van der Waals surface area contributed by atoms with Crippen LogP contribution >= 0.6 is 0 Å². The van der Waals surface area contributed by atoms with E-state index in [1.54, 1.807) is 7.05 Å². The van der Waals surface area contributed by atoms with E-state index in [0.717, 1.165) is 16.9 Å². The number of rotatable bonds is 5. The Bertz CT molecular complexity index is 415. The molecule has 0 spiro atoms. The lowest BCUT2D eigenvalue weighted by Crippen LogP contribution is -2.26. The normalized spacial score (nSPS) is 9.82. The van der Waals surface area contributed by atoms with Gasteiger partial charge < -0.3 is 9.64 Å². The minimum Gasteiger partial charge on any atom is -0.494 e. The second-order valence-corrected chi connectivity index (χ2v) is 3.85. The summed E-state index contributed by atoms with van der Waals surface area (Å²) in [7, 11) is 1.60. The third-order valence-electron chi connectivity index (χ3n) is 2.44. The summed E-state index contributed by atoms with van der Waals surface area (Å²) in [5, 5.41) is 0. The van der Waals surface area contributed by atoms with Crippen molar-refractivity contribution in [1.29, 1.82) is 0 Å². The van der Waals surface area contributed by atoms with Crippen LogP contribution in [0.2, 0.25) is 0 Å². The first-order valence-corrected chi connectivity index (χ1v) is 5.51. The van der Waals surface area contributed by atoms with Crippen molar-refractivity contribution in [2.24, 2.45) is 0 Å². The highest BCUT2D eigenvalue weighted by Gasteiger charge is 2.08. The van der Waals surface area contributed by atoms with Crippen molar-refractivity contribution in [3.63, 3.8) is 0 Å². The highest BCUT2D eigenvalue weighted by molar-refractivity contribution is 6.23. The molecule has 1 aromatic rings. The molecule has 92 valence electrons. The third-order valence-corrected chi connectivity index (χ3v) is 2.44. The molecule has 4 heteroatoms. The molecule has 0 N–H and O–H groups in total. The number of hydrogen-bond acceptors (Lipinski definition) is 3. The van der Waals surface area contributed by atoms with Crippen LogP contribution in [0.15, 0.2) is 18.2 Å². The first-order valence-electron chi connectivity index (χ1n) is 5.51. The van der Waals surface area contributed by atoms with E-state index in [2.05, 4.69) is 0 Å². The van der Waals surface area contributed by atoms with E-state index in [1.807, 2.05) is 32.0 Å². The van der Waals surface area contributed by atoms with Crippen molar-refractivity contribution in [3.8, 4) is 5.75 Å². The molecule has 0 aliphatic carbocycles. The largest absolute Gasteiger partial charge is 0.494 e. The van der Waals surface area contributed by atoms with Crippen molar-refractivity contribution < 1.29 is 14.3 Å². The minimum atomic E-state index is -0.517. The molecule has 0 saturated carbocycles. The average Bonchev–Trinajstić information content (AvgIpc) is 2.31. The van der Waals surface area contributed by atoms with Crippen LogP contribution in [0.5, 0.6) is 5.75 Å². The number of carbonyl (C=O) groups excluding carboxylic acids is 2. The maximum absolute atomic E-state index is 11.1. The Hall–Kier alpha value is -1.84. The van der Waals surface area contributed by atoms with Gasteiger partial charge in [-0.15, -0.1) is 0 Å². The number of likely N-dealkylation sites (N-methyl/N-ethyl adjacent to an activating group) is 1. The van der Waals surface area contributed by atoms with Crippen LogP contribution in [-0.4, -0.2) is 30.7 Å². The smallest absolute Gasteiger partial charge is 0.286 e. The van der Waals surface area contributed by atoms with Crippen LogP contribution in [0.25, 0.3) is 0 Å².